The van der Waals surface area contributed by atoms with Crippen LogP contribution in [0.25, 0.3) is 0 Å². The van der Waals surface area contributed by atoms with E-state index in [1.165, 1.54) is 0 Å². The summed E-state index contributed by atoms with van der Waals surface area (Å²) in [5.41, 5.74) is 0.386. The first kappa shape index (κ1) is 10.1. The van der Waals surface area contributed by atoms with Gasteiger partial charge in [0.1, 0.15) is 0 Å². The Labute approximate surface area is 53.8 Å². The molecule has 42 valence electrons. The van der Waals surface area contributed by atoms with E-state index in [9.17, 15) is 4.79 Å². The van der Waals surface area contributed by atoms with Crippen LogP contribution in [0.2, 0.25) is 0 Å². The molecule has 0 aliphatic heterocycles. The third-order valence-corrected chi connectivity index (χ3v) is 0.658. The van der Waals surface area contributed by atoms with E-state index < -0.39 is 5.24 Å². The predicted molar refractivity (Wildman–Crippen MR) is 32.9 cm³/mol. The lowest BCUT2D eigenvalue weighted by molar-refractivity contribution is -0.108. The van der Waals surface area contributed by atoms with E-state index in [-0.39, 0.29) is 12.4 Å². The van der Waals surface area contributed by atoms with Gasteiger partial charge in [-0.3, -0.25) is 4.79 Å². The second-order valence-electron chi connectivity index (χ2n) is 1.05. The van der Waals surface area contributed by atoms with Crippen LogP contribution in [0.15, 0.2) is 12.2 Å². The molecule has 0 atom stereocenters. The summed E-state index contributed by atoms with van der Waals surface area (Å²) in [7, 11) is 0. The number of carbonyl (C=O) groups excluding carboxylic acids is 1. The van der Waals surface area contributed by atoms with Crippen molar-refractivity contribution in [3.63, 3.8) is 0 Å². The molecule has 0 saturated heterocycles. The van der Waals surface area contributed by atoms with Gasteiger partial charge < -0.3 is 0 Å². The SMILES string of the molecule is C=C(C)C(=O)Cl.Cl. The van der Waals surface area contributed by atoms with E-state index in [0.717, 1.165) is 0 Å². The third kappa shape index (κ3) is 5.99. The molecular weight excluding hydrogens is 135 g/mol. The zero-order valence-electron chi connectivity index (χ0n) is 3.90. The summed E-state index contributed by atoms with van der Waals surface area (Å²) in [5, 5.41) is -0.463. The molecule has 0 N–H and O–H groups in total. The van der Waals surface area contributed by atoms with Crippen molar-refractivity contribution in [3.8, 4) is 0 Å². The molecule has 0 heterocycles. The zero-order valence-corrected chi connectivity index (χ0v) is 5.47. The van der Waals surface area contributed by atoms with E-state index in [1.807, 2.05) is 0 Å². The summed E-state index contributed by atoms with van der Waals surface area (Å²) in [6.45, 7) is 4.84. The molecule has 3 heteroatoms. The van der Waals surface area contributed by atoms with Crippen molar-refractivity contribution in [2.75, 3.05) is 0 Å². The fourth-order valence-electron chi connectivity index (χ4n) is 0. The van der Waals surface area contributed by atoms with E-state index >= 15 is 0 Å². The van der Waals surface area contributed by atoms with Gasteiger partial charge in [0.25, 0.3) is 0 Å². The highest BCUT2D eigenvalue weighted by atomic mass is 35.5. The highest BCUT2D eigenvalue weighted by molar-refractivity contribution is 6.67. The van der Waals surface area contributed by atoms with Gasteiger partial charge in [-0.15, -0.1) is 12.4 Å². The second-order valence-corrected chi connectivity index (χ2v) is 1.40. The number of rotatable bonds is 1. The van der Waals surface area contributed by atoms with Gasteiger partial charge in [-0.05, 0) is 18.5 Å². The maximum Gasteiger partial charge on any atom is 0.247 e. The topological polar surface area (TPSA) is 17.1 Å². The molecule has 0 rings (SSSR count). The lowest BCUT2D eigenvalue weighted by Gasteiger charge is -1.77. The van der Waals surface area contributed by atoms with Crippen LogP contribution in [0.3, 0.4) is 0 Å². The van der Waals surface area contributed by atoms with Crippen LogP contribution in [0.5, 0.6) is 0 Å². The van der Waals surface area contributed by atoms with Crippen molar-refractivity contribution in [1.29, 1.82) is 0 Å². The van der Waals surface area contributed by atoms with Crippen LogP contribution in [-0.2, 0) is 4.79 Å². The van der Waals surface area contributed by atoms with Gasteiger partial charge in [0.05, 0.1) is 0 Å². The van der Waals surface area contributed by atoms with Crippen LogP contribution in [0, 0.1) is 0 Å². The molecule has 0 aromatic rings. The average Bonchev–Trinajstić information content (AvgIpc) is 1.36. The third-order valence-electron chi connectivity index (χ3n) is 0.336. The summed E-state index contributed by atoms with van der Waals surface area (Å²) < 4.78 is 0. The quantitative estimate of drug-likeness (QED) is 0.401. The summed E-state index contributed by atoms with van der Waals surface area (Å²) >= 11 is 4.87. The molecule has 1 nitrogen and oxygen atoms in total. The van der Waals surface area contributed by atoms with Gasteiger partial charge in [-0.1, -0.05) is 6.58 Å². The zero-order chi connectivity index (χ0) is 5.15. The number of hydrogen-bond acceptors (Lipinski definition) is 1. The maximum atomic E-state index is 9.81. The van der Waals surface area contributed by atoms with Crippen molar-refractivity contribution in [3.05, 3.63) is 12.2 Å². The van der Waals surface area contributed by atoms with E-state index in [1.54, 1.807) is 6.92 Å². The van der Waals surface area contributed by atoms with Gasteiger partial charge in [0, 0.05) is 5.57 Å². The predicted octanol–water partition coefficient (Wildman–Crippen LogP) is 1.75. The summed E-state index contributed by atoms with van der Waals surface area (Å²) in [5.74, 6) is 0. The highest BCUT2D eigenvalue weighted by Crippen LogP contribution is 1.91. The average molecular weight is 141 g/mol. The largest absolute Gasteiger partial charge is 0.276 e. The van der Waals surface area contributed by atoms with Crippen molar-refractivity contribution >= 4 is 29.3 Å². The highest BCUT2D eigenvalue weighted by Gasteiger charge is 1.89. The Morgan fingerprint density at radius 3 is 1.86 bits per heavy atom. The van der Waals surface area contributed by atoms with E-state index in [4.69, 9.17) is 11.6 Å². The van der Waals surface area contributed by atoms with Gasteiger partial charge in [0.2, 0.25) is 5.24 Å². The van der Waals surface area contributed by atoms with E-state index in [0.29, 0.717) is 5.57 Å². The van der Waals surface area contributed by atoms with Crippen molar-refractivity contribution < 1.29 is 4.79 Å². The lowest BCUT2D eigenvalue weighted by Crippen LogP contribution is -1.81. The normalized spacial score (nSPS) is 6.57. The summed E-state index contributed by atoms with van der Waals surface area (Å²) in [6, 6.07) is 0. The number of halogens is 2. The van der Waals surface area contributed by atoms with Gasteiger partial charge >= 0.3 is 0 Å². The number of hydrogen-bond donors (Lipinski definition) is 0. The molecule has 0 amide bonds. The summed E-state index contributed by atoms with van der Waals surface area (Å²) in [6.07, 6.45) is 0. The Morgan fingerprint density at radius 2 is 1.86 bits per heavy atom. The maximum absolute atomic E-state index is 9.81. The Kier molecular flexibility index (Phi) is 5.98. The molecular formula is C4H6Cl2O. The molecule has 0 aliphatic carbocycles. The second kappa shape index (κ2) is 4.16. The first-order chi connectivity index (χ1) is 2.64. The molecule has 0 aliphatic rings. The Morgan fingerprint density at radius 1 is 1.71 bits per heavy atom. The van der Waals surface area contributed by atoms with Crippen LogP contribution >= 0.6 is 24.0 Å². The lowest BCUT2D eigenvalue weighted by atomic mass is 10.4. The molecule has 0 aromatic carbocycles. The Bertz CT molecular complexity index is 75.7. The molecule has 7 heavy (non-hydrogen) atoms. The van der Waals surface area contributed by atoms with Crippen LogP contribution < -0.4 is 0 Å². The minimum absolute atomic E-state index is 0. The Hall–Kier alpha value is -0.0100. The smallest absolute Gasteiger partial charge is 0.247 e. The van der Waals surface area contributed by atoms with E-state index in [2.05, 4.69) is 6.58 Å². The first-order valence-corrected chi connectivity index (χ1v) is 1.87. The van der Waals surface area contributed by atoms with Crippen molar-refractivity contribution in [2.45, 2.75) is 6.92 Å². The fourth-order valence-corrected chi connectivity index (χ4v) is 0. The van der Waals surface area contributed by atoms with Crippen LogP contribution in [0.4, 0.5) is 0 Å². The minimum atomic E-state index is -0.463. The molecule has 0 saturated carbocycles. The monoisotopic (exact) mass is 140 g/mol. The molecule has 0 radical (unpaired) electrons. The minimum Gasteiger partial charge on any atom is -0.276 e. The van der Waals surface area contributed by atoms with Crippen molar-refractivity contribution in [2.24, 2.45) is 0 Å². The number of allylic oxidation sites excluding steroid dienone is 1. The van der Waals surface area contributed by atoms with Crippen molar-refractivity contribution in [1.82, 2.24) is 0 Å². The number of carbonyl (C=O) groups is 1. The molecule has 0 unspecified atom stereocenters. The molecule has 0 bridgehead atoms. The van der Waals surface area contributed by atoms with Crippen LogP contribution in [0.1, 0.15) is 6.92 Å². The fraction of sp³-hybridized carbons (Fsp3) is 0.250. The van der Waals surface area contributed by atoms with Crippen LogP contribution in [-0.4, -0.2) is 5.24 Å². The van der Waals surface area contributed by atoms with Gasteiger partial charge in [0.15, 0.2) is 0 Å². The molecule has 0 aromatic heterocycles. The molecule has 0 fully saturated rings. The summed E-state index contributed by atoms with van der Waals surface area (Å²) in [4.78, 5) is 9.81. The standard InChI is InChI=1S/C4H5ClO.ClH/c1-3(2)4(5)6;/h1H2,2H3;1H. The van der Waals surface area contributed by atoms with Gasteiger partial charge in [-0.25, -0.2) is 0 Å². The Balaban J connectivity index is 0. The van der Waals surface area contributed by atoms with Gasteiger partial charge in [-0.2, -0.15) is 0 Å². The molecule has 0 spiro atoms. The first-order valence-electron chi connectivity index (χ1n) is 1.50.